The molecule has 0 aliphatic carbocycles. The van der Waals surface area contributed by atoms with Crippen LogP contribution in [-0.4, -0.2) is 51.1 Å². The minimum absolute atomic E-state index is 0.0545. The molecule has 8 heteroatoms. The number of para-hydroxylation sites is 2. The van der Waals surface area contributed by atoms with Gasteiger partial charge in [-0.3, -0.25) is 19.4 Å². The zero-order chi connectivity index (χ0) is 16.7. The molecule has 124 valence electrons. The Hall–Kier alpha value is -2.74. The topological polar surface area (TPSA) is 83.4 Å². The predicted octanol–water partition coefficient (Wildman–Crippen LogP) is 0.387. The highest BCUT2D eigenvalue weighted by molar-refractivity contribution is 6.10. The Morgan fingerprint density at radius 1 is 1.21 bits per heavy atom. The number of rotatable bonds is 2. The fourth-order valence-electron chi connectivity index (χ4n) is 3.22. The van der Waals surface area contributed by atoms with Gasteiger partial charge in [0, 0.05) is 13.1 Å². The van der Waals surface area contributed by atoms with Crippen LogP contribution in [0.4, 0.5) is 11.4 Å². The maximum atomic E-state index is 12.8. The van der Waals surface area contributed by atoms with Gasteiger partial charge in [0.1, 0.15) is 18.2 Å². The number of amides is 2. The number of hydrogen-bond donors (Lipinski definition) is 1. The van der Waals surface area contributed by atoms with Crippen LogP contribution in [0.3, 0.4) is 0 Å². The van der Waals surface area contributed by atoms with Crippen molar-refractivity contribution in [2.75, 3.05) is 29.9 Å². The maximum Gasteiger partial charge on any atom is 0.244 e. The van der Waals surface area contributed by atoms with Crippen LogP contribution in [-0.2, 0) is 22.7 Å². The molecule has 0 radical (unpaired) electrons. The quantitative estimate of drug-likeness (QED) is 0.863. The Labute approximate surface area is 139 Å². The van der Waals surface area contributed by atoms with E-state index in [4.69, 9.17) is 0 Å². The van der Waals surface area contributed by atoms with Gasteiger partial charge in [-0.05, 0) is 19.1 Å². The number of carbonyl (C=O) groups excluding carboxylic acids is 2. The summed E-state index contributed by atoms with van der Waals surface area (Å²) in [6.45, 7) is 4.37. The average molecular weight is 326 g/mol. The van der Waals surface area contributed by atoms with Crippen LogP contribution in [0.15, 0.2) is 24.3 Å². The van der Waals surface area contributed by atoms with Gasteiger partial charge in [0.25, 0.3) is 0 Å². The van der Waals surface area contributed by atoms with Crippen molar-refractivity contribution in [3.63, 3.8) is 0 Å². The third-order valence-corrected chi connectivity index (χ3v) is 4.45. The number of aryl methyl sites for hydroxylation is 1. The zero-order valence-corrected chi connectivity index (χ0v) is 13.4. The van der Waals surface area contributed by atoms with Crippen LogP contribution in [0.2, 0.25) is 0 Å². The van der Waals surface area contributed by atoms with Crippen molar-refractivity contribution in [3.05, 3.63) is 35.9 Å². The molecule has 24 heavy (non-hydrogen) atoms. The summed E-state index contributed by atoms with van der Waals surface area (Å²) in [6, 6.07) is 7.36. The van der Waals surface area contributed by atoms with E-state index in [-0.39, 0.29) is 24.9 Å². The fraction of sp³-hybridized carbons (Fsp3) is 0.375. The molecular weight excluding hydrogens is 308 g/mol. The Balaban J connectivity index is 1.50. The second kappa shape index (κ2) is 5.72. The molecule has 1 N–H and O–H groups in total. The van der Waals surface area contributed by atoms with Crippen molar-refractivity contribution in [1.29, 1.82) is 0 Å². The molecule has 0 atom stereocenters. The molecule has 8 nitrogen and oxygen atoms in total. The molecule has 0 saturated carbocycles. The van der Waals surface area contributed by atoms with Crippen LogP contribution in [0.5, 0.6) is 0 Å². The summed E-state index contributed by atoms with van der Waals surface area (Å²) in [5, 5.41) is 11.0. The Kier molecular flexibility index (Phi) is 3.53. The van der Waals surface area contributed by atoms with E-state index >= 15 is 0 Å². The van der Waals surface area contributed by atoms with E-state index in [9.17, 15) is 9.59 Å². The van der Waals surface area contributed by atoms with E-state index in [0.717, 1.165) is 30.4 Å². The Bertz CT molecular complexity index is 815. The second-order valence-electron chi connectivity index (χ2n) is 6.07. The number of nitrogens with zero attached hydrogens (tertiary/aromatic N) is 5. The van der Waals surface area contributed by atoms with Gasteiger partial charge < -0.3 is 9.88 Å². The molecule has 0 fully saturated rings. The number of anilines is 2. The Morgan fingerprint density at radius 2 is 2.04 bits per heavy atom. The van der Waals surface area contributed by atoms with Gasteiger partial charge in [0.2, 0.25) is 11.8 Å². The van der Waals surface area contributed by atoms with Crippen molar-refractivity contribution >= 4 is 23.2 Å². The molecule has 3 heterocycles. The average Bonchev–Trinajstić information content (AvgIpc) is 2.94. The van der Waals surface area contributed by atoms with Gasteiger partial charge in [0.05, 0.1) is 24.5 Å². The molecule has 2 aliphatic heterocycles. The molecule has 2 aromatic rings. The normalized spacial score (nSPS) is 17.2. The lowest BCUT2D eigenvalue weighted by Crippen LogP contribution is -2.48. The minimum Gasteiger partial charge on any atom is -0.323 e. The van der Waals surface area contributed by atoms with Gasteiger partial charge in [-0.15, -0.1) is 10.2 Å². The number of hydrogen-bond acceptors (Lipinski definition) is 5. The van der Waals surface area contributed by atoms with Crippen molar-refractivity contribution in [2.45, 2.75) is 20.0 Å². The molecule has 0 bridgehead atoms. The highest BCUT2D eigenvalue weighted by Crippen LogP contribution is 2.29. The van der Waals surface area contributed by atoms with Crippen LogP contribution >= 0.6 is 0 Å². The van der Waals surface area contributed by atoms with E-state index in [1.54, 1.807) is 11.0 Å². The van der Waals surface area contributed by atoms with Crippen LogP contribution < -0.4 is 10.2 Å². The summed E-state index contributed by atoms with van der Waals surface area (Å²) in [5.41, 5.74) is 1.43. The lowest BCUT2D eigenvalue weighted by Gasteiger charge is -2.32. The minimum atomic E-state index is -0.170. The summed E-state index contributed by atoms with van der Waals surface area (Å²) in [4.78, 5) is 28.2. The molecule has 1 aromatic heterocycles. The molecule has 2 aliphatic rings. The monoisotopic (exact) mass is 326 g/mol. The molecule has 2 amide bonds. The number of nitrogens with one attached hydrogen (secondary N) is 1. The van der Waals surface area contributed by atoms with E-state index in [1.807, 2.05) is 30.0 Å². The number of fused-ring (bicyclic) bond motifs is 2. The van der Waals surface area contributed by atoms with E-state index < -0.39 is 0 Å². The summed E-state index contributed by atoms with van der Waals surface area (Å²) in [6.07, 6.45) is 0. The second-order valence-corrected chi connectivity index (χ2v) is 6.07. The summed E-state index contributed by atoms with van der Waals surface area (Å²) >= 11 is 0. The largest absolute Gasteiger partial charge is 0.323 e. The highest BCUT2D eigenvalue weighted by Gasteiger charge is 2.29. The van der Waals surface area contributed by atoms with Gasteiger partial charge >= 0.3 is 0 Å². The molecule has 0 unspecified atom stereocenters. The van der Waals surface area contributed by atoms with Crippen molar-refractivity contribution < 1.29 is 9.59 Å². The first kappa shape index (κ1) is 14.8. The maximum absolute atomic E-state index is 12.8. The van der Waals surface area contributed by atoms with Gasteiger partial charge in [0.15, 0.2) is 0 Å². The van der Waals surface area contributed by atoms with Gasteiger partial charge in [-0.2, -0.15) is 0 Å². The molecule has 0 saturated heterocycles. The van der Waals surface area contributed by atoms with E-state index in [0.29, 0.717) is 12.2 Å². The summed E-state index contributed by atoms with van der Waals surface area (Å²) in [7, 11) is 0. The summed E-state index contributed by atoms with van der Waals surface area (Å²) in [5.74, 6) is 1.53. The van der Waals surface area contributed by atoms with Gasteiger partial charge in [-0.25, -0.2) is 0 Å². The lowest BCUT2D eigenvalue weighted by atomic mass is 10.2. The zero-order valence-electron chi connectivity index (χ0n) is 13.4. The van der Waals surface area contributed by atoms with Crippen LogP contribution in [0, 0.1) is 6.92 Å². The number of benzene rings is 1. The van der Waals surface area contributed by atoms with Crippen molar-refractivity contribution in [1.82, 2.24) is 19.7 Å². The molecule has 0 spiro atoms. The van der Waals surface area contributed by atoms with E-state index in [1.165, 1.54) is 0 Å². The third kappa shape index (κ3) is 2.54. The number of carbonyl (C=O) groups is 2. The molecule has 4 rings (SSSR count). The lowest BCUT2D eigenvalue weighted by molar-refractivity contribution is -0.123. The third-order valence-electron chi connectivity index (χ3n) is 4.45. The van der Waals surface area contributed by atoms with Crippen molar-refractivity contribution in [2.24, 2.45) is 0 Å². The van der Waals surface area contributed by atoms with Crippen LogP contribution in [0.1, 0.15) is 11.6 Å². The predicted molar refractivity (Wildman–Crippen MR) is 87.5 cm³/mol. The standard InChI is InChI=1S/C16H18N6O2/c1-11-18-19-14-8-20(6-7-21(11)14)10-16(24)22-9-15(23)17-12-4-2-3-5-13(12)22/h2-5H,6-10H2,1H3,(H,17,23). The smallest absolute Gasteiger partial charge is 0.244 e. The van der Waals surface area contributed by atoms with Crippen molar-refractivity contribution in [3.8, 4) is 0 Å². The van der Waals surface area contributed by atoms with Crippen LogP contribution in [0.25, 0.3) is 0 Å². The molecular formula is C16H18N6O2. The van der Waals surface area contributed by atoms with Gasteiger partial charge in [-0.1, -0.05) is 12.1 Å². The first-order chi connectivity index (χ1) is 11.6. The molecule has 1 aromatic carbocycles. The fourth-order valence-corrected chi connectivity index (χ4v) is 3.22. The van der Waals surface area contributed by atoms with E-state index in [2.05, 4.69) is 20.1 Å². The SMILES string of the molecule is Cc1nnc2n1CCN(CC(=O)N1CC(=O)Nc3ccccc31)C2. The highest BCUT2D eigenvalue weighted by atomic mass is 16.2. The first-order valence-electron chi connectivity index (χ1n) is 7.92. The first-order valence-corrected chi connectivity index (χ1v) is 7.92. The summed E-state index contributed by atoms with van der Waals surface area (Å²) < 4.78 is 2.07. The number of aromatic nitrogens is 3. The Morgan fingerprint density at radius 3 is 2.92 bits per heavy atom.